The Balaban J connectivity index is 2.86. The number of nitrogen functional groups attached to an aromatic ring is 1. The molecule has 0 atom stereocenters. The highest BCUT2D eigenvalue weighted by molar-refractivity contribution is 5.96. The first-order valence-corrected chi connectivity index (χ1v) is 6.02. The molecule has 106 valence electrons. The number of nitrogens with one attached hydrogen (secondary N) is 1. The Morgan fingerprint density at radius 3 is 2.53 bits per heavy atom. The fourth-order valence-corrected chi connectivity index (χ4v) is 1.45. The average molecular weight is 268 g/mol. The first kappa shape index (κ1) is 15.3. The van der Waals surface area contributed by atoms with Crippen molar-refractivity contribution in [3.05, 3.63) is 23.8 Å². The number of carbonyl (C=O) groups is 1. The van der Waals surface area contributed by atoms with Crippen LogP contribution in [0, 0.1) is 0 Å². The van der Waals surface area contributed by atoms with Crippen molar-refractivity contribution in [3.8, 4) is 5.75 Å². The maximum atomic E-state index is 12.0. The van der Waals surface area contributed by atoms with Crippen LogP contribution in [-0.2, 0) is 0 Å². The molecule has 0 aliphatic rings. The van der Waals surface area contributed by atoms with Gasteiger partial charge in [0.15, 0.2) is 0 Å². The van der Waals surface area contributed by atoms with Gasteiger partial charge in [-0.15, -0.1) is 0 Å². The van der Waals surface area contributed by atoms with Crippen molar-refractivity contribution in [2.75, 3.05) is 25.6 Å². The zero-order chi connectivity index (χ0) is 14.5. The van der Waals surface area contributed by atoms with Crippen LogP contribution in [0.3, 0.4) is 0 Å². The summed E-state index contributed by atoms with van der Waals surface area (Å²) in [5.74, 6) is 0.103. The van der Waals surface area contributed by atoms with Crippen molar-refractivity contribution >= 4 is 11.6 Å². The highest BCUT2D eigenvalue weighted by Gasteiger charge is 2.25. The number of ether oxygens (including phenoxy) is 1. The van der Waals surface area contributed by atoms with E-state index in [0.717, 1.165) is 0 Å². The molecule has 1 rings (SSSR count). The molecular weight excluding hydrogens is 248 g/mol. The van der Waals surface area contributed by atoms with Gasteiger partial charge in [-0.05, 0) is 32.0 Å². The Morgan fingerprint density at radius 2 is 2.05 bits per heavy atom. The number of aliphatic hydroxyl groups is 2. The summed E-state index contributed by atoms with van der Waals surface area (Å²) in [6.07, 6.45) is 0. The molecule has 0 radical (unpaired) electrons. The number of anilines is 1. The van der Waals surface area contributed by atoms with Gasteiger partial charge in [0.1, 0.15) is 5.75 Å². The van der Waals surface area contributed by atoms with Crippen LogP contribution in [0.4, 0.5) is 5.69 Å². The SMILES string of the molecule is CCOc1ccc(C(=O)NC(C)(CO)CO)cc1N. The van der Waals surface area contributed by atoms with Gasteiger partial charge in [-0.3, -0.25) is 4.79 Å². The van der Waals surface area contributed by atoms with Crippen LogP contribution >= 0.6 is 0 Å². The minimum Gasteiger partial charge on any atom is -0.492 e. The standard InChI is InChI=1S/C13H20N2O4/c1-3-19-11-5-4-9(6-10(11)14)12(18)15-13(2,7-16)8-17/h4-6,16-17H,3,7-8,14H2,1-2H3,(H,15,18). The summed E-state index contributed by atoms with van der Waals surface area (Å²) >= 11 is 0. The molecule has 1 aromatic carbocycles. The molecule has 19 heavy (non-hydrogen) atoms. The summed E-state index contributed by atoms with van der Waals surface area (Å²) in [6, 6.07) is 4.68. The average Bonchev–Trinajstić information content (AvgIpc) is 2.41. The molecule has 0 fully saturated rings. The molecule has 6 nitrogen and oxygen atoms in total. The van der Waals surface area contributed by atoms with E-state index in [1.54, 1.807) is 19.1 Å². The predicted octanol–water partition coefficient (Wildman–Crippen LogP) is 0.141. The number of hydrogen-bond acceptors (Lipinski definition) is 5. The van der Waals surface area contributed by atoms with Gasteiger partial charge in [0.05, 0.1) is 31.0 Å². The Morgan fingerprint density at radius 1 is 1.42 bits per heavy atom. The van der Waals surface area contributed by atoms with E-state index in [4.69, 9.17) is 20.7 Å². The second-order valence-corrected chi connectivity index (χ2v) is 4.52. The lowest BCUT2D eigenvalue weighted by Crippen LogP contribution is -2.51. The first-order chi connectivity index (χ1) is 8.95. The normalized spacial score (nSPS) is 11.2. The van der Waals surface area contributed by atoms with Gasteiger partial charge >= 0.3 is 0 Å². The molecule has 1 aromatic rings. The van der Waals surface area contributed by atoms with Crippen molar-refractivity contribution < 1.29 is 19.7 Å². The van der Waals surface area contributed by atoms with E-state index in [1.165, 1.54) is 6.07 Å². The van der Waals surface area contributed by atoms with Crippen LogP contribution in [0.1, 0.15) is 24.2 Å². The maximum Gasteiger partial charge on any atom is 0.251 e. The Bertz CT molecular complexity index is 444. The minimum atomic E-state index is -1.07. The van der Waals surface area contributed by atoms with Crippen molar-refractivity contribution in [2.24, 2.45) is 0 Å². The van der Waals surface area contributed by atoms with E-state index >= 15 is 0 Å². The summed E-state index contributed by atoms with van der Waals surface area (Å²) < 4.78 is 5.28. The van der Waals surface area contributed by atoms with Crippen LogP contribution in [-0.4, -0.2) is 41.5 Å². The summed E-state index contributed by atoms with van der Waals surface area (Å²) in [7, 11) is 0. The lowest BCUT2D eigenvalue weighted by Gasteiger charge is -2.26. The van der Waals surface area contributed by atoms with Gasteiger partial charge in [-0.25, -0.2) is 0 Å². The summed E-state index contributed by atoms with van der Waals surface area (Å²) in [4.78, 5) is 12.0. The number of rotatable bonds is 6. The molecule has 0 heterocycles. The van der Waals surface area contributed by atoms with Crippen LogP contribution < -0.4 is 15.8 Å². The third-order valence-electron chi connectivity index (χ3n) is 2.69. The van der Waals surface area contributed by atoms with Gasteiger partial charge in [0, 0.05) is 5.56 Å². The topological polar surface area (TPSA) is 105 Å². The molecular formula is C13H20N2O4. The molecule has 5 N–H and O–H groups in total. The predicted molar refractivity (Wildman–Crippen MR) is 72.1 cm³/mol. The van der Waals surface area contributed by atoms with Gasteiger partial charge in [0.2, 0.25) is 0 Å². The second kappa shape index (κ2) is 6.40. The smallest absolute Gasteiger partial charge is 0.251 e. The number of aliphatic hydroxyl groups excluding tert-OH is 2. The molecule has 0 saturated heterocycles. The lowest BCUT2D eigenvalue weighted by atomic mass is 10.0. The number of benzene rings is 1. The molecule has 0 spiro atoms. The van der Waals surface area contributed by atoms with Crippen LogP contribution in [0.2, 0.25) is 0 Å². The summed E-state index contributed by atoms with van der Waals surface area (Å²) in [5.41, 5.74) is 5.41. The largest absolute Gasteiger partial charge is 0.492 e. The molecule has 0 aliphatic heterocycles. The van der Waals surface area contributed by atoms with Crippen LogP contribution in [0.5, 0.6) is 5.75 Å². The van der Waals surface area contributed by atoms with E-state index < -0.39 is 11.4 Å². The zero-order valence-electron chi connectivity index (χ0n) is 11.1. The third-order valence-corrected chi connectivity index (χ3v) is 2.69. The Hall–Kier alpha value is -1.79. The lowest BCUT2D eigenvalue weighted by molar-refractivity contribution is 0.0724. The maximum absolute atomic E-state index is 12.0. The van der Waals surface area contributed by atoms with Gasteiger partial charge in [-0.1, -0.05) is 0 Å². The number of amides is 1. The van der Waals surface area contributed by atoms with Gasteiger partial charge in [-0.2, -0.15) is 0 Å². The number of hydrogen-bond donors (Lipinski definition) is 4. The summed E-state index contributed by atoms with van der Waals surface area (Å²) in [5, 5.41) is 20.8. The Kier molecular flexibility index (Phi) is 5.14. The van der Waals surface area contributed by atoms with E-state index in [-0.39, 0.29) is 13.2 Å². The van der Waals surface area contributed by atoms with E-state index in [1.807, 2.05) is 6.92 Å². The van der Waals surface area contributed by atoms with Gasteiger partial charge < -0.3 is 26.0 Å². The van der Waals surface area contributed by atoms with E-state index in [0.29, 0.717) is 23.6 Å². The Labute approximate surface area is 112 Å². The minimum absolute atomic E-state index is 0.342. The molecule has 0 unspecified atom stereocenters. The molecule has 1 amide bonds. The molecule has 0 saturated carbocycles. The molecule has 6 heteroatoms. The number of carbonyl (C=O) groups excluding carboxylic acids is 1. The van der Waals surface area contributed by atoms with Crippen molar-refractivity contribution in [3.63, 3.8) is 0 Å². The van der Waals surface area contributed by atoms with Crippen molar-refractivity contribution in [1.82, 2.24) is 5.32 Å². The van der Waals surface area contributed by atoms with E-state index in [9.17, 15) is 4.79 Å². The third kappa shape index (κ3) is 3.84. The summed E-state index contributed by atoms with van der Waals surface area (Å²) in [6.45, 7) is 3.16. The molecule has 0 aliphatic carbocycles. The van der Waals surface area contributed by atoms with E-state index in [2.05, 4.69) is 5.32 Å². The highest BCUT2D eigenvalue weighted by Crippen LogP contribution is 2.22. The molecule has 0 bridgehead atoms. The van der Waals surface area contributed by atoms with Crippen LogP contribution in [0.25, 0.3) is 0 Å². The molecule has 0 aromatic heterocycles. The van der Waals surface area contributed by atoms with Crippen molar-refractivity contribution in [2.45, 2.75) is 19.4 Å². The van der Waals surface area contributed by atoms with Crippen LogP contribution in [0.15, 0.2) is 18.2 Å². The fraction of sp³-hybridized carbons (Fsp3) is 0.462. The second-order valence-electron chi connectivity index (χ2n) is 4.52. The number of nitrogens with two attached hydrogens (primary N) is 1. The van der Waals surface area contributed by atoms with Gasteiger partial charge in [0.25, 0.3) is 5.91 Å². The fourth-order valence-electron chi connectivity index (χ4n) is 1.45. The monoisotopic (exact) mass is 268 g/mol. The zero-order valence-corrected chi connectivity index (χ0v) is 11.1. The van der Waals surface area contributed by atoms with Crippen molar-refractivity contribution in [1.29, 1.82) is 0 Å². The quantitative estimate of drug-likeness (QED) is 0.549. The first-order valence-electron chi connectivity index (χ1n) is 6.02. The highest BCUT2D eigenvalue weighted by atomic mass is 16.5.